The Balaban J connectivity index is 3.06. The summed E-state index contributed by atoms with van der Waals surface area (Å²) in [5, 5.41) is 0. The summed E-state index contributed by atoms with van der Waals surface area (Å²) in [5.74, 6) is 0. The van der Waals surface area contributed by atoms with Gasteiger partial charge < -0.3 is 52.1 Å². The molecule has 0 spiro atoms. The molecule has 0 aromatic heterocycles. The second-order valence-electron chi connectivity index (χ2n) is 15.5. The van der Waals surface area contributed by atoms with Crippen LogP contribution in [-0.4, -0.2) is 145 Å². The first kappa shape index (κ1) is 58.6. The summed E-state index contributed by atoms with van der Waals surface area (Å²) in [7, 11) is 0. The molecule has 0 saturated carbocycles. The predicted octanol–water partition coefficient (Wildman–Crippen LogP) is 10.6. The van der Waals surface area contributed by atoms with E-state index in [4.69, 9.17) is 52.1 Å². The van der Waals surface area contributed by atoms with Gasteiger partial charge in [0.1, 0.15) is 0 Å². The maximum absolute atomic E-state index is 5.70. The maximum Gasteiger partial charge on any atom is 0.0701 e. The molecule has 0 aromatic carbocycles. The monoisotopic (exact) mass is 851 g/mol. The zero-order valence-corrected chi connectivity index (χ0v) is 39.0. The first-order valence-corrected chi connectivity index (χ1v) is 24.8. The lowest BCUT2D eigenvalue weighted by Gasteiger charge is -2.09. The maximum atomic E-state index is 5.70. The SMILES string of the molecule is CCCCCCCCCCCCCCCCCCOCCOCCOCCOCCOCCOCCOCCOCCOCCOCCOCCCCCCCCCC. The Bertz CT molecular complexity index is 650. The Kier molecular flexibility index (Phi) is 57.1. The zero-order valence-electron chi connectivity index (χ0n) is 39.0. The fraction of sp³-hybridized carbons (Fsp3) is 1.00. The van der Waals surface area contributed by atoms with E-state index < -0.39 is 0 Å². The molecule has 0 aliphatic heterocycles. The van der Waals surface area contributed by atoms with Crippen LogP contribution in [0.25, 0.3) is 0 Å². The van der Waals surface area contributed by atoms with Crippen molar-refractivity contribution in [1.82, 2.24) is 0 Å². The van der Waals surface area contributed by atoms with E-state index in [0.717, 1.165) is 26.1 Å². The Morgan fingerprint density at radius 1 is 0.136 bits per heavy atom. The van der Waals surface area contributed by atoms with Gasteiger partial charge in [0.25, 0.3) is 0 Å². The highest BCUT2D eigenvalue weighted by molar-refractivity contribution is 4.51. The van der Waals surface area contributed by atoms with E-state index in [2.05, 4.69) is 13.8 Å². The fourth-order valence-electron chi connectivity index (χ4n) is 6.39. The molecule has 59 heavy (non-hydrogen) atoms. The minimum Gasteiger partial charge on any atom is -0.379 e. The number of rotatable bonds is 56. The predicted molar refractivity (Wildman–Crippen MR) is 241 cm³/mol. The van der Waals surface area contributed by atoms with Crippen LogP contribution in [0.2, 0.25) is 0 Å². The Labute approximate surface area is 364 Å². The average molecular weight is 851 g/mol. The zero-order chi connectivity index (χ0) is 42.3. The number of hydrogen-bond donors (Lipinski definition) is 0. The van der Waals surface area contributed by atoms with Crippen molar-refractivity contribution in [1.29, 1.82) is 0 Å². The number of hydrogen-bond acceptors (Lipinski definition) is 11. The summed E-state index contributed by atoms with van der Waals surface area (Å²) < 4.78 is 61.3. The van der Waals surface area contributed by atoms with Crippen molar-refractivity contribution < 1.29 is 52.1 Å². The van der Waals surface area contributed by atoms with Crippen molar-refractivity contribution in [2.24, 2.45) is 0 Å². The molecule has 0 rings (SSSR count). The summed E-state index contributed by atoms with van der Waals surface area (Å²) in [6, 6.07) is 0. The summed E-state index contributed by atoms with van der Waals surface area (Å²) >= 11 is 0. The van der Waals surface area contributed by atoms with E-state index in [9.17, 15) is 0 Å². The van der Waals surface area contributed by atoms with Gasteiger partial charge in [0.05, 0.1) is 132 Å². The van der Waals surface area contributed by atoms with Gasteiger partial charge in [-0.05, 0) is 12.8 Å². The van der Waals surface area contributed by atoms with Crippen molar-refractivity contribution in [3.63, 3.8) is 0 Å². The van der Waals surface area contributed by atoms with Crippen molar-refractivity contribution in [2.45, 2.75) is 168 Å². The quantitative estimate of drug-likeness (QED) is 0.0547. The molecule has 0 amide bonds. The average Bonchev–Trinajstić information content (AvgIpc) is 3.25. The molecule has 0 aliphatic carbocycles. The van der Waals surface area contributed by atoms with Gasteiger partial charge in [0.15, 0.2) is 0 Å². The van der Waals surface area contributed by atoms with Gasteiger partial charge in [0, 0.05) is 13.2 Å². The molecule has 0 radical (unpaired) electrons. The van der Waals surface area contributed by atoms with E-state index in [1.165, 1.54) is 141 Å². The Morgan fingerprint density at radius 2 is 0.254 bits per heavy atom. The number of unbranched alkanes of at least 4 members (excludes halogenated alkanes) is 22. The van der Waals surface area contributed by atoms with Crippen LogP contribution >= 0.6 is 0 Å². The van der Waals surface area contributed by atoms with Gasteiger partial charge in [-0.2, -0.15) is 0 Å². The highest BCUT2D eigenvalue weighted by Gasteiger charge is 1.99. The van der Waals surface area contributed by atoms with E-state index in [-0.39, 0.29) is 0 Å². The molecule has 0 fully saturated rings. The molecule has 0 unspecified atom stereocenters. The normalized spacial score (nSPS) is 11.7. The third-order valence-electron chi connectivity index (χ3n) is 10.0. The second-order valence-corrected chi connectivity index (χ2v) is 15.5. The fourth-order valence-corrected chi connectivity index (χ4v) is 6.39. The molecule has 0 atom stereocenters. The summed E-state index contributed by atoms with van der Waals surface area (Å²) in [6.45, 7) is 17.5. The topological polar surface area (TPSA) is 102 Å². The summed E-state index contributed by atoms with van der Waals surface area (Å²) in [5.41, 5.74) is 0. The van der Waals surface area contributed by atoms with Crippen LogP contribution in [0, 0.1) is 0 Å². The van der Waals surface area contributed by atoms with Crippen molar-refractivity contribution >= 4 is 0 Å². The third-order valence-corrected chi connectivity index (χ3v) is 10.0. The van der Waals surface area contributed by atoms with Crippen molar-refractivity contribution in [2.75, 3.05) is 145 Å². The van der Waals surface area contributed by atoms with Crippen LogP contribution in [0.1, 0.15) is 168 Å². The van der Waals surface area contributed by atoms with Crippen LogP contribution in [-0.2, 0) is 52.1 Å². The Morgan fingerprint density at radius 3 is 0.407 bits per heavy atom. The van der Waals surface area contributed by atoms with Crippen molar-refractivity contribution in [3.8, 4) is 0 Å². The third kappa shape index (κ3) is 57.6. The van der Waals surface area contributed by atoms with Crippen molar-refractivity contribution in [3.05, 3.63) is 0 Å². The first-order valence-electron chi connectivity index (χ1n) is 24.8. The molecule has 0 bridgehead atoms. The molecular formula is C48H98O11. The lowest BCUT2D eigenvalue weighted by atomic mass is 10.0. The van der Waals surface area contributed by atoms with Gasteiger partial charge in [-0.25, -0.2) is 0 Å². The van der Waals surface area contributed by atoms with E-state index in [1.807, 2.05) is 0 Å². The van der Waals surface area contributed by atoms with Crippen LogP contribution in [0.15, 0.2) is 0 Å². The molecular weight excluding hydrogens is 753 g/mol. The van der Waals surface area contributed by atoms with E-state index >= 15 is 0 Å². The van der Waals surface area contributed by atoms with Gasteiger partial charge in [-0.15, -0.1) is 0 Å². The number of ether oxygens (including phenoxy) is 11. The van der Waals surface area contributed by atoms with Crippen LogP contribution in [0.4, 0.5) is 0 Å². The van der Waals surface area contributed by atoms with Gasteiger partial charge >= 0.3 is 0 Å². The molecule has 0 aromatic rings. The lowest BCUT2D eigenvalue weighted by Crippen LogP contribution is -2.15. The van der Waals surface area contributed by atoms with Gasteiger partial charge in [-0.1, -0.05) is 155 Å². The minimum absolute atomic E-state index is 0.529. The molecule has 356 valence electrons. The van der Waals surface area contributed by atoms with E-state index in [0.29, 0.717) is 132 Å². The molecule has 11 nitrogen and oxygen atoms in total. The van der Waals surface area contributed by atoms with Crippen LogP contribution in [0.3, 0.4) is 0 Å². The van der Waals surface area contributed by atoms with E-state index in [1.54, 1.807) is 0 Å². The highest BCUT2D eigenvalue weighted by Crippen LogP contribution is 2.14. The van der Waals surface area contributed by atoms with Crippen LogP contribution in [0.5, 0.6) is 0 Å². The Hall–Kier alpha value is -0.440. The summed E-state index contributed by atoms with van der Waals surface area (Å²) in [4.78, 5) is 0. The highest BCUT2D eigenvalue weighted by atomic mass is 16.6. The second kappa shape index (κ2) is 57.6. The van der Waals surface area contributed by atoms with Gasteiger partial charge in [-0.3, -0.25) is 0 Å². The minimum atomic E-state index is 0.529. The summed E-state index contributed by atoms with van der Waals surface area (Å²) in [6.07, 6.45) is 32.8. The standard InChI is InChI=1S/C48H98O11/c1-3-5-7-9-11-13-14-15-16-17-18-19-20-22-24-26-28-50-30-32-52-34-36-54-38-40-56-42-44-58-46-48-59-47-45-57-43-41-55-39-37-53-35-33-51-31-29-49-27-25-23-21-12-10-8-6-4-2/h3-48H2,1-2H3. The molecule has 0 N–H and O–H groups in total. The van der Waals surface area contributed by atoms with Gasteiger partial charge in [0.2, 0.25) is 0 Å². The largest absolute Gasteiger partial charge is 0.379 e. The molecule has 0 aliphatic rings. The molecule has 0 heterocycles. The smallest absolute Gasteiger partial charge is 0.0701 e. The lowest BCUT2D eigenvalue weighted by molar-refractivity contribution is -0.0275. The van der Waals surface area contributed by atoms with Crippen LogP contribution < -0.4 is 0 Å². The molecule has 0 saturated heterocycles. The molecule has 11 heteroatoms. The first-order chi connectivity index (χ1) is 29.4.